The molecule has 0 radical (unpaired) electrons. The first-order valence-electron chi connectivity index (χ1n) is 3.95. The van der Waals surface area contributed by atoms with Crippen LogP contribution in [0.4, 0.5) is 14.5 Å². The molecule has 14 heavy (non-hydrogen) atoms. The number of benzene rings is 1. The number of halogens is 3. The molecule has 0 atom stereocenters. The summed E-state index contributed by atoms with van der Waals surface area (Å²) < 4.78 is 24.6. The van der Waals surface area contributed by atoms with Crippen molar-refractivity contribution < 1.29 is 8.78 Å². The average molecular weight is 263 g/mol. The average Bonchev–Trinajstić information content (AvgIpc) is 2.15. The second-order valence-corrected chi connectivity index (χ2v) is 3.56. The molecule has 0 aliphatic rings. The molecule has 5 heteroatoms. The first-order valence-corrected chi connectivity index (χ1v) is 4.75. The summed E-state index contributed by atoms with van der Waals surface area (Å²) in [5.41, 5.74) is 1.13. The van der Waals surface area contributed by atoms with Crippen molar-refractivity contribution in [3.05, 3.63) is 28.2 Å². The van der Waals surface area contributed by atoms with Gasteiger partial charge in [0.15, 0.2) is 0 Å². The van der Waals surface area contributed by atoms with Gasteiger partial charge in [-0.05, 0) is 12.1 Å². The van der Waals surface area contributed by atoms with Gasteiger partial charge in [-0.1, -0.05) is 22.0 Å². The lowest BCUT2D eigenvalue weighted by Gasteiger charge is -2.08. The molecule has 1 aromatic rings. The minimum Gasteiger partial charge on any atom is -0.379 e. The zero-order chi connectivity index (χ0) is 10.6. The number of nitrogens with one attached hydrogen (secondary N) is 2. The maximum Gasteiger partial charge on any atom is 0.255 e. The quantitative estimate of drug-likeness (QED) is 0.804. The third-order valence-corrected chi connectivity index (χ3v) is 2.11. The highest BCUT2D eigenvalue weighted by molar-refractivity contribution is 9.10. The molecule has 0 saturated carbocycles. The van der Waals surface area contributed by atoms with Crippen LogP contribution in [0.1, 0.15) is 5.56 Å². The van der Waals surface area contributed by atoms with Crippen LogP contribution in [0.5, 0.6) is 0 Å². The van der Waals surface area contributed by atoms with Crippen molar-refractivity contribution >= 4 is 27.8 Å². The van der Waals surface area contributed by atoms with Gasteiger partial charge in [0.05, 0.1) is 6.54 Å². The molecule has 0 aromatic heterocycles. The fraction of sp³-hybridized carbons (Fsp3) is 0.222. The van der Waals surface area contributed by atoms with E-state index in [4.69, 9.17) is 5.41 Å². The van der Waals surface area contributed by atoms with Crippen molar-refractivity contribution in [1.29, 1.82) is 5.41 Å². The third-order valence-electron chi connectivity index (χ3n) is 1.62. The van der Waals surface area contributed by atoms with Gasteiger partial charge in [0.25, 0.3) is 6.43 Å². The van der Waals surface area contributed by atoms with Crippen LogP contribution in [0.25, 0.3) is 0 Å². The van der Waals surface area contributed by atoms with Gasteiger partial charge in [-0.2, -0.15) is 0 Å². The second kappa shape index (κ2) is 5.05. The van der Waals surface area contributed by atoms with Crippen molar-refractivity contribution in [3.8, 4) is 0 Å². The first kappa shape index (κ1) is 11.1. The minimum atomic E-state index is -2.40. The Morgan fingerprint density at radius 1 is 1.50 bits per heavy atom. The molecule has 2 N–H and O–H groups in total. The van der Waals surface area contributed by atoms with E-state index in [9.17, 15) is 8.78 Å². The van der Waals surface area contributed by atoms with Gasteiger partial charge in [-0.25, -0.2) is 8.78 Å². The molecule has 1 rings (SSSR count). The maximum atomic E-state index is 11.9. The van der Waals surface area contributed by atoms with Crippen molar-refractivity contribution in [2.75, 3.05) is 11.9 Å². The van der Waals surface area contributed by atoms with Crippen LogP contribution in [0.3, 0.4) is 0 Å². The SMILES string of the molecule is N=Cc1ccc(Br)cc1NCC(F)F. The van der Waals surface area contributed by atoms with Gasteiger partial charge < -0.3 is 10.7 Å². The Morgan fingerprint density at radius 2 is 2.21 bits per heavy atom. The van der Waals surface area contributed by atoms with Crippen LogP contribution in [-0.4, -0.2) is 19.2 Å². The van der Waals surface area contributed by atoms with Crippen LogP contribution in [0.15, 0.2) is 22.7 Å². The van der Waals surface area contributed by atoms with Crippen LogP contribution in [0, 0.1) is 5.41 Å². The molecular weight excluding hydrogens is 254 g/mol. The minimum absolute atomic E-state index is 0.405. The van der Waals surface area contributed by atoms with Crippen LogP contribution in [-0.2, 0) is 0 Å². The van der Waals surface area contributed by atoms with E-state index >= 15 is 0 Å². The maximum absolute atomic E-state index is 11.9. The lowest BCUT2D eigenvalue weighted by atomic mass is 10.2. The molecule has 0 aliphatic heterocycles. The summed E-state index contributed by atoms with van der Waals surface area (Å²) in [7, 11) is 0. The molecule has 0 spiro atoms. The Bertz CT molecular complexity index is 329. The Morgan fingerprint density at radius 3 is 2.79 bits per heavy atom. The lowest BCUT2D eigenvalue weighted by molar-refractivity contribution is 0.163. The highest BCUT2D eigenvalue weighted by Gasteiger charge is 2.04. The summed E-state index contributed by atoms with van der Waals surface area (Å²) in [6, 6.07) is 5.11. The Kier molecular flexibility index (Phi) is 4.00. The van der Waals surface area contributed by atoms with Gasteiger partial charge in [0.2, 0.25) is 0 Å². The van der Waals surface area contributed by atoms with E-state index in [0.717, 1.165) is 10.7 Å². The summed E-state index contributed by atoms with van der Waals surface area (Å²) in [6.45, 7) is -0.405. The van der Waals surface area contributed by atoms with Crippen LogP contribution >= 0.6 is 15.9 Å². The van der Waals surface area contributed by atoms with Gasteiger partial charge in [0, 0.05) is 21.9 Å². The van der Waals surface area contributed by atoms with E-state index in [1.165, 1.54) is 0 Å². The number of anilines is 1. The van der Waals surface area contributed by atoms with Gasteiger partial charge >= 0.3 is 0 Å². The van der Waals surface area contributed by atoms with E-state index in [1.807, 2.05) is 0 Å². The zero-order valence-corrected chi connectivity index (χ0v) is 8.81. The molecule has 0 aliphatic carbocycles. The molecule has 0 heterocycles. The smallest absolute Gasteiger partial charge is 0.255 e. The summed E-state index contributed by atoms with van der Waals surface area (Å²) in [5, 5.41) is 9.65. The molecule has 0 amide bonds. The predicted molar refractivity (Wildman–Crippen MR) is 56.5 cm³/mol. The topological polar surface area (TPSA) is 35.9 Å². The first-order chi connectivity index (χ1) is 6.63. The fourth-order valence-corrected chi connectivity index (χ4v) is 1.36. The fourth-order valence-electron chi connectivity index (χ4n) is 0.995. The Balaban J connectivity index is 2.82. The number of rotatable bonds is 4. The van der Waals surface area contributed by atoms with Gasteiger partial charge in [0.1, 0.15) is 0 Å². The highest BCUT2D eigenvalue weighted by atomic mass is 79.9. The van der Waals surface area contributed by atoms with E-state index in [0.29, 0.717) is 11.3 Å². The second-order valence-electron chi connectivity index (χ2n) is 2.65. The highest BCUT2D eigenvalue weighted by Crippen LogP contribution is 2.20. The molecule has 0 bridgehead atoms. The summed E-state index contributed by atoms with van der Waals surface area (Å²) in [6.07, 6.45) is -1.27. The molecule has 0 saturated heterocycles. The number of alkyl halides is 2. The van der Waals surface area contributed by atoms with Crippen molar-refractivity contribution in [2.24, 2.45) is 0 Å². The summed E-state index contributed by atoms with van der Waals surface area (Å²) in [4.78, 5) is 0. The van der Waals surface area contributed by atoms with Gasteiger partial charge in [-0.15, -0.1) is 0 Å². The van der Waals surface area contributed by atoms with Gasteiger partial charge in [-0.3, -0.25) is 0 Å². The van der Waals surface area contributed by atoms with Crippen LogP contribution in [0.2, 0.25) is 0 Å². The van der Waals surface area contributed by atoms with Crippen LogP contribution < -0.4 is 5.32 Å². The number of hydrogen-bond acceptors (Lipinski definition) is 2. The molecular formula is C9H9BrF2N2. The van der Waals surface area contributed by atoms with Crippen molar-refractivity contribution in [3.63, 3.8) is 0 Å². The predicted octanol–water partition coefficient (Wildman–Crippen LogP) is 3.12. The summed E-state index contributed by atoms with van der Waals surface area (Å²) in [5.74, 6) is 0. The number of hydrogen-bond donors (Lipinski definition) is 2. The molecule has 0 unspecified atom stereocenters. The van der Waals surface area contributed by atoms with E-state index in [-0.39, 0.29) is 0 Å². The van der Waals surface area contributed by atoms with E-state index in [2.05, 4.69) is 21.2 Å². The monoisotopic (exact) mass is 262 g/mol. The zero-order valence-electron chi connectivity index (χ0n) is 7.23. The molecule has 1 aromatic carbocycles. The van der Waals surface area contributed by atoms with Crippen molar-refractivity contribution in [1.82, 2.24) is 0 Å². The third kappa shape index (κ3) is 3.06. The molecule has 2 nitrogen and oxygen atoms in total. The molecule has 76 valence electrons. The lowest BCUT2D eigenvalue weighted by Crippen LogP contribution is -2.11. The standard InChI is InChI=1S/C9H9BrF2N2/c10-7-2-1-6(4-13)8(3-7)14-5-9(11)12/h1-4,9,13-14H,5H2. The van der Waals surface area contributed by atoms with E-state index in [1.54, 1.807) is 18.2 Å². The van der Waals surface area contributed by atoms with E-state index < -0.39 is 13.0 Å². The van der Waals surface area contributed by atoms with Crippen molar-refractivity contribution in [2.45, 2.75) is 6.43 Å². The Labute approximate surface area is 89.0 Å². The normalized spacial score (nSPS) is 10.3. The summed E-state index contributed by atoms with van der Waals surface area (Å²) >= 11 is 3.23. The largest absolute Gasteiger partial charge is 0.379 e. The molecule has 0 fully saturated rings. The Hall–Kier alpha value is -0.970.